The molecule has 1 saturated carbocycles. The number of fused-ring (bicyclic) bond motifs is 6. The first kappa shape index (κ1) is 11.4. The molecule has 106 valence electrons. The Morgan fingerprint density at radius 2 is 1.91 bits per heavy atom. The predicted octanol–water partition coefficient (Wildman–Crippen LogP) is 2.68. The summed E-state index contributed by atoms with van der Waals surface area (Å²) in [7, 11) is 0. The van der Waals surface area contributed by atoms with E-state index >= 15 is 0 Å². The van der Waals surface area contributed by atoms with Crippen LogP contribution in [0.25, 0.3) is 22.4 Å². The standard InChI is InChI=1S/C21H16O/c1-11-6-7-13-10-16-14-5-3-2-4-12(14)8-9-15(16)19-18(13)17(11)20-21(19)22-20/h2-10,17-18,20-21H,1H3. The summed E-state index contributed by atoms with van der Waals surface area (Å²) in [6, 6.07) is 13.3. The average Bonchev–Trinajstić information content (AvgIpc) is 3.26. The molecule has 4 atom stereocenters. The van der Waals surface area contributed by atoms with Crippen LogP contribution < -0.4 is 10.4 Å². The number of epoxide rings is 1. The van der Waals surface area contributed by atoms with Crippen LogP contribution in [0.5, 0.6) is 0 Å². The third-order valence-electron chi connectivity index (χ3n) is 5.90. The number of ether oxygens (including phenoxy) is 1. The Bertz CT molecular complexity index is 1040. The second kappa shape index (κ2) is 3.61. The zero-order chi connectivity index (χ0) is 14.4. The maximum atomic E-state index is 6.03. The molecule has 0 bridgehead atoms. The first-order valence-electron chi connectivity index (χ1n) is 8.10. The molecular weight excluding hydrogens is 268 g/mol. The van der Waals surface area contributed by atoms with Crippen molar-refractivity contribution in [1.82, 2.24) is 0 Å². The van der Waals surface area contributed by atoms with Crippen molar-refractivity contribution in [3.8, 4) is 0 Å². The van der Waals surface area contributed by atoms with Crippen LogP contribution in [-0.4, -0.2) is 12.2 Å². The lowest BCUT2D eigenvalue weighted by Crippen LogP contribution is -2.37. The molecule has 2 aromatic carbocycles. The van der Waals surface area contributed by atoms with Gasteiger partial charge in [-0.25, -0.2) is 0 Å². The lowest BCUT2D eigenvalue weighted by Gasteiger charge is -2.30. The Morgan fingerprint density at radius 1 is 1.00 bits per heavy atom. The van der Waals surface area contributed by atoms with Gasteiger partial charge in [-0.15, -0.1) is 0 Å². The van der Waals surface area contributed by atoms with Crippen LogP contribution in [0.1, 0.15) is 6.92 Å². The number of rotatable bonds is 0. The first-order valence-corrected chi connectivity index (χ1v) is 8.10. The molecule has 22 heavy (non-hydrogen) atoms. The maximum Gasteiger partial charge on any atom is 0.107 e. The zero-order valence-electron chi connectivity index (χ0n) is 12.4. The fourth-order valence-corrected chi connectivity index (χ4v) is 4.89. The highest BCUT2D eigenvalue weighted by atomic mass is 16.6. The summed E-state index contributed by atoms with van der Waals surface area (Å²) in [5, 5.41) is 5.49. The maximum absolute atomic E-state index is 6.03. The van der Waals surface area contributed by atoms with E-state index in [-0.39, 0.29) is 0 Å². The second-order valence-corrected chi connectivity index (χ2v) is 6.95. The van der Waals surface area contributed by atoms with Crippen LogP contribution in [-0.2, 0) is 4.74 Å². The normalized spacial score (nSPS) is 33.4. The molecule has 1 heteroatoms. The molecule has 1 heterocycles. The number of benzene rings is 2. The first-order chi connectivity index (χ1) is 10.8. The van der Waals surface area contributed by atoms with E-state index < -0.39 is 0 Å². The second-order valence-electron chi connectivity index (χ2n) is 6.95. The largest absolute Gasteiger partial charge is 0.364 e. The zero-order valence-corrected chi connectivity index (χ0v) is 12.4. The van der Waals surface area contributed by atoms with Crippen molar-refractivity contribution in [2.45, 2.75) is 19.1 Å². The third-order valence-corrected chi connectivity index (χ3v) is 5.90. The summed E-state index contributed by atoms with van der Waals surface area (Å²) in [5.74, 6) is 1.12. The topological polar surface area (TPSA) is 12.5 Å². The van der Waals surface area contributed by atoms with Crippen LogP contribution >= 0.6 is 0 Å². The summed E-state index contributed by atoms with van der Waals surface area (Å²) in [5.41, 5.74) is 4.50. The van der Waals surface area contributed by atoms with E-state index in [4.69, 9.17) is 4.74 Å². The van der Waals surface area contributed by atoms with E-state index in [1.165, 1.54) is 37.9 Å². The minimum Gasteiger partial charge on any atom is -0.364 e. The van der Waals surface area contributed by atoms with Crippen LogP contribution in [0.15, 0.2) is 59.7 Å². The van der Waals surface area contributed by atoms with Crippen molar-refractivity contribution >= 4 is 22.4 Å². The van der Waals surface area contributed by atoms with E-state index in [2.05, 4.69) is 61.5 Å². The molecule has 0 amide bonds. The van der Waals surface area contributed by atoms with Gasteiger partial charge in [0, 0.05) is 11.8 Å². The lowest BCUT2D eigenvalue weighted by molar-refractivity contribution is 0.299. The Balaban J connectivity index is 1.82. The molecule has 1 nitrogen and oxygen atoms in total. The highest BCUT2D eigenvalue weighted by Crippen LogP contribution is 2.57. The predicted molar refractivity (Wildman–Crippen MR) is 88.6 cm³/mol. The Morgan fingerprint density at radius 3 is 2.86 bits per heavy atom. The van der Waals surface area contributed by atoms with Crippen molar-refractivity contribution in [2.75, 3.05) is 0 Å². The molecular formula is C21H16O. The lowest BCUT2D eigenvalue weighted by atomic mass is 9.75. The van der Waals surface area contributed by atoms with Gasteiger partial charge in [-0.2, -0.15) is 0 Å². The molecule has 0 spiro atoms. The minimum absolute atomic E-state index is 0.355. The highest BCUT2D eigenvalue weighted by Gasteiger charge is 2.60. The van der Waals surface area contributed by atoms with E-state index in [0.29, 0.717) is 24.0 Å². The van der Waals surface area contributed by atoms with Crippen molar-refractivity contribution in [1.29, 1.82) is 0 Å². The highest BCUT2D eigenvalue weighted by molar-refractivity contribution is 5.88. The summed E-state index contributed by atoms with van der Waals surface area (Å²) in [4.78, 5) is 0. The molecule has 2 fully saturated rings. The van der Waals surface area contributed by atoms with E-state index in [0.717, 1.165) is 0 Å². The fraction of sp³-hybridized carbons (Fsp3) is 0.238. The van der Waals surface area contributed by atoms with Crippen LogP contribution in [0.2, 0.25) is 0 Å². The molecule has 0 radical (unpaired) electrons. The molecule has 4 unspecified atom stereocenters. The van der Waals surface area contributed by atoms with Gasteiger partial charge in [-0.3, -0.25) is 0 Å². The monoisotopic (exact) mass is 284 g/mol. The Kier molecular flexibility index (Phi) is 1.88. The van der Waals surface area contributed by atoms with Crippen molar-refractivity contribution in [3.63, 3.8) is 0 Å². The van der Waals surface area contributed by atoms with Gasteiger partial charge < -0.3 is 4.74 Å². The van der Waals surface area contributed by atoms with E-state index in [9.17, 15) is 0 Å². The molecule has 6 rings (SSSR count). The van der Waals surface area contributed by atoms with Crippen molar-refractivity contribution in [3.05, 3.63) is 70.1 Å². The fourth-order valence-electron chi connectivity index (χ4n) is 4.89. The Hall–Kier alpha value is -2.12. The minimum atomic E-state index is 0.355. The van der Waals surface area contributed by atoms with Crippen LogP contribution in [0, 0.1) is 11.8 Å². The molecule has 1 saturated heterocycles. The molecule has 2 aromatic rings. The van der Waals surface area contributed by atoms with Gasteiger partial charge in [-0.05, 0) is 45.4 Å². The molecule has 0 aromatic heterocycles. The van der Waals surface area contributed by atoms with Gasteiger partial charge in [0.15, 0.2) is 0 Å². The van der Waals surface area contributed by atoms with Crippen LogP contribution in [0.3, 0.4) is 0 Å². The summed E-state index contributed by atoms with van der Waals surface area (Å²) in [6.45, 7) is 2.26. The Labute approximate surface area is 128 Å². The van der Waals surface area contributed by atoms with E-state index in [1.807, 2.05) is 0 Å². The average molecular weight is 284 g/mol. The van der Waals surface area contributed by atoms with E-state index in [1.54, 1.807) is 0 Å². The van der Waals surface area contributed by atoms with Gasteiger partial charge in [0.1, 0.15) is 6.10 Å². The van der Waals surface area contributed by atoms with Crippen molar-refractivity contribution < 1.29 is 4.74 Å². The van der Waals surface area contributed by atoms with Gasteiger partial charge >= 0.3 is 0 Å². The van der Waals surface area contributed by atoms with Gasteiger partial charge in [0.25, 0.3) is 0 Å². The number of allylic oxidation sites excluding steroid dienone is 3. The third kappa shape index (κ3) is 1.21. The van der Waals surface area contributed by atoms with Gasteiger partial charge in [0.05, 0.1) is 6.10 Å². The van der Waals surface area contributed by atoms with Crippen molar-refractivity contribution in [2.24, 2.45) is 11.8 Å². The molecule has 3 aliphatic carbocycles. The SMILES string of the molecule is CC1=CC=C2C=c3c(ccc4ccccc34)=C3C4OC4C1C23. The quantitative estimate of drug-likeness (QED) is 0.678. The summed E-state index contributed by atoms with van der Waals surface area (Å²) in [6.07, 6.45) is 7.82. The van der Waals surface area contributed by atoms with Crippen LogP contribution in [0.4, 0.5) is 0 Å². The van der Waals surface area contributed by atoms with Gasteiger partial charge in [0.2, 0.25) is 0 Å². The van der Waals surface area contributed by atoms with Gasteiger partial charge in [-0.1, -0.05) is 54.1 Å². The molecule has 4 aliphatic rings. The number of hydrogen-bond donors (Lipinski definition) is 0. The molecule has 0 N–H and O–H groups in total. The smallest absolute Gasteiger partial charge is 0.107 e. The number of hydrogen-bond acceptors (Lipinski definition) is 1. The summed E-state index contributed by atoms with van der Waals surface area (Å²) < 4.78 is 6.03. The molecule has 1 aliphatic heterocycles. The summed E-state index contributed by atoms with van der Waals surface area (Å²) >= 11 is 0.